The number of benzene rings is 1. The summed E-state index contributed by atoms with van der Waals surface area (Å²) in [5, 5.41) is 7.15. The molecule has 0 bridgehead atoms. The Morgan fingerprint density at radius 2 is 1.96 bits per heavy atom. The first-order valence-electron chi connectivity index (χ1n) is 8.15. The van der Waals surface area contributed by atoms with E-state index in [1.807, 2.05) is 24.3 Å². The Morgan fingerprint density at radius 3 is 2.57 bits per heavy atom. The number of nitrogens with one attached hydrogen (secondary N) is 1. The smallest absolute Gasteiger partial charge is 0.268 e. The SMILES string of the molecule is CCC(C)CC(C)C(C)=Nc1n[nH]c(-c2ccc(OC)cc2)n1. The maximum atomic E-state index is 5.16. The molecule has 124 valence electrons. The van der Waals surface area contributed by atoms with Crippen LogP contribution in [0.15, 0.2) is 29.3 Å². The topological polar surface area (TPSA) is 63.2 Å². The van der Waals surface area contributed by atoms with E-state index in [4.69, 9.17) is 4.74 Å². The van der Waals surface area contributed by atoms with Gasteiger partial charge < -0.3 is 4.74 Å². The van der Waals surface area contributed by atoms with Gasteiger partial charge in [-0.3, -0.25) is 5.10 Å². The zero-order valence-electron chi connectivity index (χ0n) is 14.6. The lowest BCUT2D eigenvalue weighted by atomic mass is 9.92. The monoisotopic (exact) mass is 314 g/mol. The van der Waals surface area contributed by atoms with E-state index >= 15 is 0 Å². The summed E-state index contributed by atoms with van der Waals surface area (Å²) >= 11 is 0. The Labute approximate surface area is 138 Å². The van der Waals surface area contributed by atoms with Crippen LogP contribution < -0.4 is 4.74 Å². The standard InChI is InChI=1S/C18H26N4O/c1-6-12(2)11-13(3)14(4)19-18-20-17(21-22-18)15-7-9-16(23-5)10-8-15/h7-10,12-13H,6,11H2,1-5H3,(H,20,21,22). The molecule has 0 fully saturated rings. The van der Waals surface area contributed by atoms with Crippen LogP contribution >= 0.6 is 0 Å². The molecule has 1 aromatic heterocycles. The summed E-state index contributed by atoms with van der Waals surface area (Å²) < 4.78 is 5.16. The fraction of sp³-hybridized carbons (Fsp3) is 0.500. The number of aromatic amines is 1. The molecule has 0 amide bonds. The van der Waals surface area contributed by atoms with E-state index in [9.17, 15) is 0 Å². The Morgan fingerprint density at radius 1 is 1.26 bits per heavy atom. The van der Waals surface area contributed by atoms with E-state index < -0.39 is 0 Å². The van der Waals surface area contributed by atoms with Gasteiger partial charge in [-0.05, 0) is 49.4 Å². The molecule has 0 aliphatic rings. The summed E-state index contributed by atoms with van der Waals surface area (Å²) in [6.07, 6.45) is 2.33. The molecule has 0 radical (unpaired) electrons. The molecule has 2 atom stereocenters. The van der Waals surface area contributed by atoms with Crippen molar-refractivity contribution in [3.63, 3.8) is 0 Å². The Bertz CT molecular complexity index is 645. The lowest BCUT2D eigenvalue weighted by Gasteiger charge is -2.15. The number of nitrogens with zero attached hydrogens (tertiary/aromatic N) is 3. The number of rotatable bonds is 7. The van der Waals surface area contributed by atoms with Gasteiger partial charge in [0.1, 0.15) is 5.75 Å². The molecule has 0 aliphatic heterocycles. The predicted molar refractivity (Wildman–Crippen MR) is 94.4 cm³/mol. The molecule has 0 saturated carbocycles. The number of hydrogen-bond donors (Lipinski definition) is 1. The van der Waals surface area contributed by atoms with Crippen molar-refractivity contribution in [2.45, 2.75) is 40.5 Å². The number of aromatic nitrogens is 3. The largest absolute Gasteiger partial charge is 0.497 e. The Kier molecular flexibility index (Phi) is 5.90. The van der Waals surface area contributed by atoms with Crippen molar-refractivity contribution < 1.29 is 4.74 Å². The zero-order chi connectivity index (χ0) is 16.8. The average molecular weight is 314 g/mol. The number of H-pyrrole nitrogens is 1. The molecular formula is C18H26N4O. The summed E-state index contributed by atoms with van der Waals surface area (Å²) in [4.78, 5) is 9.03. The van der Waals surface area contributed by atoms with Crippen LogP contribution in [0.4, 0.5) is 5.95 Å². The van der Waals surface area contributed by atoms with Gasteiger partial charge in [0.25, 0.3) is 5.95 Å². The summed E-state index contributed by atoms with van der Waals surface area (Å²) in [7, 11) is 1.65. The van der Waals surface area contributed by atoms with Gasteiger partial charge in [-0.2, -0.15) is 4.98 Å². The van der Waals surface area contributed by atoms with Crippen LogP contribution in [-0.2, 0) is 0 Å². The van der Waals surface area contributed by atoms with Gasteiger partial charge >= 0.3 is 0 Å². The fourth-order valence-corrected chi connectivity index (χ4v) is 2.39. The van der Waals surface area contributed by atoms with Crippen LogP contribution in [0.25, 0.3) is 11.4 Å². The highest BCUT2D eigenvalue weighted by atomic mass is 16.5. The van der Waals surface area contributed by atoms with E-state index in [2.05, 4.69) is 47.9 Å². The highest BCUT2D eigenvalue weighted by Gasteiger charge is 2.12. The van der Waals surface area contributed by atoms with Crippen LogP contribution in [-0.4, -0.2) is 28.0 Å². The predicted octanol–water partition coefficient (Wildman–Crippen LogP) is 4.65. The molecule has 2 rings (SSSR count). The molecule has 23 heavy (non-hydrogen) atoms. The molecule has 1 heterocycles. The first-order valence-corrected chi connectivity index (χ1v) is 8.15. The minimum Gasteiger partial charge on any atom is -0.497 e. The summed E-state index contributed by atoms with van der Waals surface area (Å²) in [5.74, 6) is 3.17. The van der Waals surface area contributed by atoms with Crippen molar-refractivity contribution in [3.8, 4) is 17.1 Å². The molecule has 5 heteroatoms. The highest BCUT2D eigenvalue weighted by molar-refractivity contribution is 5.85. The van der Waals surface area contributed by atoms with Crippen molar-refractivity contribution in [2.75, 3.05) is 7.11 Å². The zero-order valence-corrected chi connectivity index (χ0v) is 14.6. The van der Waals surface area contributed by atoms with Crippen molar-refractivity contribution in [1.82, 2.24) is 15.2 Å². The summed E-state index contributed by atoms with van der Waals surface area (Å²) in [5.41, 5.74) is 2.04. The number of ether oxygens (including phenoxy) is 1. The van der Waals surface area contributed by atoms with Crippen molar-refractivity contribution in [1.29, 1.82) is 0 Å². The first-order chi connectivity index (χ1) is 11.0. The van der Waals surface area contributed by atoms with Crippen molar-refractivity contribution in [2.24, 2.45) is 16.8 Å². The second-order valence-corrected chi connectivity index (χ2v) is 6.12. The van der Waals surface area contributed by atoms with Gasteiger partial charge in [0.2, 0.25) is 0 Å². The van der Waals surface area contributed by atoms with Crippen LogP contribution in [0.1, 0.15) is 40.5 Å². The van der Waals surface area contributed by atoms with E-state index in [0.29, 0.717) is 23.6 Å². The normalized spacial score (nSPS) is 14.6. The molecule has 1 aromatic carbocycles. The molecule has 0 aliphatic carbocycles. The van der Waals surface area contributed by atoms with E-state index in [-0.39, 0.29) is 0 Å². The van der Waals surface area contributed by atoms with Crippen molar-refractivity contribution in [3.05, 3.63) is 24.3 Å². The van der Waals surface area contributed by atoms with Crippen LogP contribution in [0.2, 0.25) is 0 Å². The second kappa shape index (κ2) is 7.90. The second-order valence-electron chi connectivity index (χ2n) is 6.12. The molecule has 2 aromatic rings. The third kappa shape index (κ3) is 4.65. The van der Waals surface area contributed by atoms with E-state index in [0.717, 1.165) is 23.4 Å². The van der Waals surface area contributed by atoms with Gasteiger partial charge in [0.15, 0.2) is 5.82 Å². The lowest BCUT2D eigenvalue weighted by molar-refractivity contribution is 0.415. The third-order valence-electron chi connectivity index (χ3n) is 4.28. The molecule has 2 unspecified atom stereocenters. The Hall–Kier alpha value is -2.17. The van der Waals surface area contributed by atoms with E-state index in [1.165, 1.54) is 6.42 Å². The fourth-order valence-electron chi connectivity index (χ4n) is 2.39. The first kappa shape index (κ1) is 17.2. The van der Waals surface area contributed by atoms with Crippen LogP contribution in [0.5, 0.6) is 5.75 Å². The van der Waals surface area contributed by atoms with E-state index in [1.54, 1.807) is 7.11 Å². The summed E-state index contributed by atoms with van der Waals surface area (Å²) in [6.45, 7) is 8.76. The number of methoxy groups -OCH3 is 1. The van der Waals surface area contributed by atoms with Crippen LogP contribution in [0, 0.1) is 11.8 Å². The minimum atomic E-state index is 0.438. The van der Waals surface area contributed by atoms with Gasteiger partial charge in [0.05, 0.1) is 7.11 Å². The van der Waals surface area contributed by atoms with Crippen LogP contribution in [0.3, 0.4) is 0 Å². The molecule has 0 saturated heterocycles. The molecule has 1 N–H and O–H groups in total. The maximum Gasteiger partial charge on any atom is 0.268 e. The summed E-state index contributed by atoms with van der Waals surface area (Å²) in [6, 6.07) is 7.71. The molecule has 0 spiro atoms. The maximum absolute atomic E-state index is 5.16. The van der Waals surface area contributed by atoms with Crippen molar-refractivity contribution >= 4 is 11.7 Å². The number of aliphatic imine (C=N–C) groups is 1. The molecule has 5 nitrogen and oxygen atoms in total. The van der Waals surface area contributed by atoms with Gasteiger partial charge in [-0.15, -0.1) is 5.10 Å². The van der Waals surface area contributed by atoms with Gasteiger partial charge in [0, 0.05) is 11.3 Å². The quantitative estimate of drug-likeness (QED) is 0.757. The Balaban J connectivity index is 2.10. The van der Waals surface area contributed by atoms with Gasteiger partial charge in [-0.25, -0.2) is 4.99 Å². The minimum absolute atomic E-state index is 0.438. The lowest BCUT2D eigenvalue weighted by Crippen LogP contribution is -2.10. The average Bonchev–Trinajstić information content (AvgIpc) is 3.03. The highest BCUT2D eigenvalue weighted by Crippen LogP contribution is 2.22. The third-order valence-corrected chi connectivity index (χ3v) is 4.28. The van der Waals surface area contributed by atoms with Gasteiger partial charge in [-0.1, -0.05) is 27.2 Å². The number of hydrogen-bond acceptors (Lipinski definition) is 4. The molecular weight excluding hydrogens is 288 g/mol.